The number of rotatable bonds is 7. The number of benzene rings is 1. The first-order chi connectivity index (χ1) is 9.74. The van der Waals surface area contributed by atoms with Gasteiger partial charge in [0.05, 0.1) is 15.8 Å². The number of hydrogen-bond acceptors (Lipinski definition) is 4. The fourth-order valence-corrected chi connectivity index (χ4v) is 2.25. The van der Waals surface area contributed by atoms with Gasteiger partial charge in [0, 0.05) is 12.7 Å². The monoisotopic (exact) mass is 273 g/mol. The highest BCUT2D eigenvalue weighted by Crippen LogP contribution is 2.32. The van der Waals surface area contributed by atoms with Gasteiger partial charge in [-0.25, -0.2) is 0 Å². The van der Waals surface area contributed by atoms with E-state index >= 15 is 0 Å². The van der Waals surface area contributed by atoms with E-state index < -0.39 is 0 Å². The van der Waals surface area contributed by atoms with Gasteiger partial charge in [-0.3, -0.25) is 15.1 Å². The van der Waals surface area contributed by atoms with E-state index in [0.29, 0.717) is 16.6 Å². The van der Waals surface area contributed by atoms with E-state index in [-0.39, 0.29) is 10.6 Å². The minimum absolute atomic E-state index is 0.117. The van der Waals surface area contributed by atoms with E-state index in [9.17, 15) is 10.1 Å². The Kier molecular flexibility index (Phi) is 4.87. The highest BCUT2D eigenvalue weighted by Gasteiger charge is 2.18. The molecule has 20 heavy (non-hydrogen) atoms. The lowest BCUT2D eigenvalue weighted by Crippen LogP contribution is -2.05. The van der Waals surface area contributed by atoms with E-state index in [1.165, 1.54) is 12.8 Å². The van der Waals surface area contributed by atoms with Gasteiger partial charge in [0.15, 0.2) is 0 Å². The Morgan fingerprint density at radius 1 is 1.25 bits per heavy atom. The molecule has 1 N–H and O–H groups in total. The predicted octanol–water partition coefficient (Wildman–Crippen LogP) is 4.14. The van der Waals surface area contributed by atoms with Crippen LogP contribution in [0.5, 0.6) is 0 Å². The summed E-state index contributed by atoms with van der Waals surface area (Å²) in [7, 11) is 0. The van der Waals surface area contributed by atoms with Crippen molar-refractivity contribution in [1.82, 2.24) is 4.98 Å². The van der Waals surface area contributed by atoms with Crippen LogP contribution < -0.4 is 5.32 Å². The molecule has 5 nitrogen and oxygen atoms in total. The normalized spacial score (nSPS) is 10.7. The van der Waals surface area contributed by atoms with Gasteiger partial charge in [0.25, 0.3) is 0 Å². The van der Waals surface area contributed by atoms with E-state index in [2.05, 4.69) is 17.2 Å². The summed E-state index contributed by atoms with van der Waals surface area (Å²) in [6.45, 7) is 2.92. The topological polar surface area (TPSA) is 68.1 Å². The minimum atomic E-state index is -0.335. The first-order valence-electron chi connectivity index (χ1n) is 7.00. The minimum Gasteiger partial charge on any atom is -0.379 e. The molecule has 0 spiro atoms. The van der Waals surface area contributed by atoms with E-state index in [1.807, 2.05) is 6.07 Å². The maximum Gasteiger partial charge on any atom is 0.301 e. The Balaban J connectivity index is 2.20. The summed E-state index contributed by atoms with van der Waals surface area (Å²) in [5.41, 5.74) is 1.34. The molecule has 0 aliphatic rings. The summed E-state index contributed by atoms with van der Waals surface area (Å²) in [5, 5.41) is 15.1. The van der Waals surface area contributed by atoms with Crippen LogP contribution in [0.15, 0.2) is 30.5 Å². The Morgan fingerprint density at radius 3 is 2.85 bits per heavy atom. The molecule has 1 aromatic heterocycles. The molecule has 0 saturated heterocycles. The van der Waals surface area contributed by atoms with Crippen molar-refractivity contribution in [3.8, 4) is 0 Å². The van der Waals surface area contributed by atoms with Crippen molar-refractivity contribution in [1.29, 1.82) is 0 Å². The third kappa shape index (κ3) is 3.23. The second-order valence-electron chi connectivity index (χ2n) is 4.78. The average Bonchev–Trinajstić information content (AvgIpc) is 2.46. The Morgan fingerprint density at radius 2 is 2.10 bits per heavy atom. The Labute approximate surface area is 118 Å². The molecule has 106 valence electrons. The molecule has 0 aliphatic heterocycles. The molecule has 2 rings (SSSR count). The molecule has 5 heteroatoms. The van der Waals surface area contributed by atoms with Crippen molar-refractivity contribution in [3.05, 3.63) is 40.6 Å². The average molecular weight is 273 g/mol. The van der Waals surface area contributed by atoms with Gasteiger partial charge in [0.1, 0.15) is 5.69 Å². The highest BCUT2D eigenvalue weighted by atomic mass is 16.6. The van der Waals surface area contributed by atoms with Gasteiger partial charge in [-0.2, -0.15) is 0 Å². The molecule has 0 atom stereocenters. The van der Waals surface area contributed by atoms with Crippen LogP contribution in [-0.2, 0) is 0 Å². The van der Waals surface area contributed by atoms with Crippen molar-refractivity contribution in [2.45, 2.75) is 32.6 Å². The zero-order valence-corrected chi connectivity index (χ0v) is 11.6. The molecular formula is C15H19N3O2. The molecule has 0 bridgehead atoms. The molecular weight excluding hydrogens is 254 g/mol. The van der Waals surface area contributed by atoms with Crippen LogP contribution in [0.1, 0.15) is 32.6 Å². The molecule has 1 aromatic carbocycles. The molecule has 0 radical (unpaired) electrons. The van der Waals surface area contributed by atoms with Crippen molar-refractivity contribution in [3.63, 3.8) is 0 Å². The number of nitro groups is 1. The molecule has 2 aromatic rings. The molecule has 0 amide bonds. The first kappa shape index (κ1) is 14.2. The second kappa shape index (κ2) is 6.84. The lowest BCUT2D eigenvalue weighted by Gasteiger charge is -2.08. The quantitative estimate of drug-likeness (QED) is 0.468. The van der Waals surface area contributed by atoms with Crippen LogP contribution in [0.25, 0.3) is 10.9 Å². The van der Waals surface area contributed by atoms with Crippen LogP contribution in [-0.4, -0.2) is 16.5 Å². The highest BCUT2D eigenvalue weighted by molar-refractivity contribution is 5.94. The summed E-state index contributed by atoms with van der Waals surface area (Å²) in [4.78, 5) is 15.1. The molecule has 0 unspecified atom stereocenters. The lowest BCUT2D eigenvalue weighted by atomic mass is 10.1. The number of nitrogens with zero attached hydrogens (tertiary/aromatic N) is 2. The van der Waals surface area contributed by atoms with Gasteiger partial charge in [-0.15, -0.1) is 0 Å². The smallest absolute Gasteiger partial charge is 0.301 e. The summed E-state index contributed by atoms with van der Waals surface area (Å²) in [5.74, 6) is 0. The van der Waals surface area contributed by atoms with Crippen LogP contribution >= 0.6 is 0 Å². The number of unbranched alkanes of at least 4 members (excludes halogenated alkanes) is 3. The van der Waals surface area contributed by atoms with Crippen molar-refractivity contribution in [2.75, 3.05) is 11.9 Å². The largest absolute Gasteiger partial charge is 0.379 e. The molecule has 0 saturated carbocycles. The maximum absolute atomic E-state index is 11.3. The third-order valence-corrected chi connectivity index (χ3v) is 3.28. The zero-order chi connectivity index (χ0) is 14.4. The fraction of sp³-hybridized carbons (Fsp3) is 0.400. The predicted molar refractivity (Wildman–Crippen MR) is 81.0 cm³/mol. The number of nitrogens with one attached hydrogen (secondary N) is 1. The van der Waals surface area contributed by atoms with Crippen LogP contribution in [0.2, 0.25) is 0 Å². The zero-order valence-electron chi connectivity index (χ0n) is 11.6. The standard InChI is InChI=1S/C15H19N3O2/c1-2-3-4-5-10-17-14-9-8-13-12(7-6-11-16-13)15(14)18(19)20/h6-9,11,17H,2-5,10H2,1H3. The van der Waals surface area contributed by atoms with E-state index in [1.54, 1.807) is 24.4 Å². The number of hydrogen-bond donors (Lipinski definition) is 1. The number of pyridine rings is 1. The number of nitro benzene ring substituents is 1. The summed E-state index contributed by atoms with van der Waals surface area (Å²) >= 11 is 0. The van der Waals surface area contributed by atoms with Gasteiger partial charge < -0.3 is 5.32 Å². The summed E-state index contributed by atoms with van der Waals surface area (Å²) < 4.78 is 0. The van der Waals surface area contributed by atoms with Crippen LogP contribution in [0.3, 0.4) is 0 Å². The second-order valence-corrected chi connectivity index (χ2v) is 4.78. The van der Waals surface area contributed by atoms with Gasteiger partial charge in [0.2, 0.25) is 0 Å². The summed E-state index contributed by atoms with van der Waals surface area (Å²) in [6, 6.07) is 7.02. The Hall–Kier alpha value is -2.17. The van der Waals surface area contributed by atoms with Crippen LogP contribution in [0, 0.1) is 10.1 Å². The van der Waals surface area contributed by atoms with Crippen molar-refractivity contribution in [2.24, 2.45) is 0 Å². The van der Waals surface area contributed by atoms with Crippen molar-refractivity contribution < 1.29 is 4.92 Å². The fourth-order valence-electron chi connectivity index (χ4n) is 2.25. The maximum atomic E-state index is 11.3. The number of anilines is 1. The lowest BCUT2D eigenvalue weighted by molar-refractivity contribution is -0.382. The SMILES string of the molecule is CCCCCCNc1ccc2ncccc2c1[N+](=O)[O-]. The van der Waals surface area contributed by atoms with E-state index in [4.69, 9.17) is 0 Å². The molecule has 1 heterocycles. The molecule has 0 fully saturated rings. The van der Waals surface area contributed by atoms with Gasteiger partial charge in [-0.05, 0) is 30.7 Å². The van der Waals surface area contributed by atoms with Gasteiger partial charge >= 0.3 is 5.69 Å². The summed E-state index contributed by atoms with van der Waals surface area (Å²) in [6.07, 6.45) is 6.19. The van der Waals surface area contributed by atoms with Gasteiger partial charge in [-0.1, -0.05) is 26.2 Å². The Bertz CT molecular complexity index is 599. The first-order valence-corrected chi connectivity index (χ1v) is 7.00. The number of aromatic nitrogens is 1. The molecule has 0 aliphatic carbocycles. The van der Waals surface area contributed by atoms with Crippen molar-refractivity contribution >= 4 is 22.3 Å². The third-order valence-electron chi connectivity index (χ3n) is 3.28. The number of fused-ring (bicyclic) bond motifs is 1. The van der Waals surface area contributed by atoms with Crippen LogP contribution in [0.4, 0.5) is 11.4 Å². The van der Waals surface area contributed by atoms with E-state index in [0.717, 1.165) is 19.4 Å².